The number of rotatable bonds is 7. The topological polar surface area (TPSA) is 97.9 Å². The number of hydrogen-bond acceptors (Lipinski definition) is 7. The number of amides is 1. The molecule has 0 unspecified atom stereocenters. The molecule has 142 valence electrons. The lowest BCUT2D eigenvalue weighted by Gasteiger charge is -2.32. The van der Waals surface area contributed by atoms with E-state index in [0.29, 0.717) is 13.0 Å². The zero-order chi connectivity index (χ0) is 18.5. The molecule has 10 heteroatoms. The summed E-state index contributed by atoms with van der Waals surface area (Å²) in [6.45, 7) is 2.96. The highest BCUT2D eigenvalue weighted by Gasteiger charge is 2.28. The minimum absolute atomic E-state index is 0.193. The molecule has 26 heavy (non-hydrogen) atoms. The van der Waals surface area contributed by atoms with E-state index < -0.39 is 0 Å². The number of carbonyl (C=O) groups is 1. The molecule has 3 rings (SSSR count). The summed E-state index contributed by atoms with van der Waals surface area (Å²) in [6.07, 6.45) is 4.86. The maximum absolute atomic E-state index is 12.6. The zero-order valence-corrected chi connectivity index (χ0v) is 15.7. The number of carbonyl (C=O) groups excluding carboxylic acids is 1. The standard InChI is InChI=1S/C16H27N9O/c1-22(2)11-14-18-19-16(23(14)3)13-6-4-8-24(10-13)15(26)7-5-9-25-12-17-20-21-25/h12-13H,4-11H2,1-3H3/t13-/m0/s1. The van der Waals surface area contributed by atoms with Crippen molar-refractivity contribution in [2.24, 2.45) is 7.05 Å². The number of piperidine rings is 1. The second-order valence-electron chi connectivity index (χ2n) is 7.13. The number of aromatic nitrogens is 7. The Balaban J connectivity index is 1.55. The van der Waals surface area contributed by atoms with E-state index in [4.69, 9.17) is 0 Å². The van der Waals surface area contributed by atoms with Gasteiger partial charge in [0.1, 0.15) is 18.0 Å². The van der Waals surface area contributed by atoms with Gasteiger partial charge in [-0.1, -0.05) is 0 Å². The normalized spacial score (nSPS) is 17.8. The van der Waals surface area contributed by atoms with E-state index >= 15 is 0 Å². The van der Waals surface area contributed by atoms with Gasteiger partial charge in [-0.15, -0.1) is 15.3 Å². The van der Waals surface area contributed by atoms with Gasteiger partial charge in [-0.3, -0.25) is 4.79 Å². The number of likely N-dealkylation sites (tertiary alicyclic amines) is 1. The first-order valence-corrected chi connectivity index (χ1v) is 9.06. The van der Waals surface area contributed by atoms with Crippen molar-refractivity contribution in [1.29, 1.82) is 0 Å². The summed E-state index contributed by atoms with van der Waals surface area (Å²) in [5, 5.41) is 19.7. The van der Waals surface area contributed by atoms with Crippen LogP contribution in [0.25, 0.3) is 0 Å². The van der Waals surface area contributed by atoms with Crippen molar-refractivity contribution in [2.75, 3.05) is 27.2 Å². The minimum Gasteiger partial charge on any atom is -0.342 e. The molecule has 10 nitrogen and oxygen atoms in total. The Morgan fingerprint density at radius 3 is 2.92 bits per heavy atom. The predicted molar refractivity (Wildman–Crippen MR) is 94.0 cm³/mol. The largest absolute Gasteiger partial charge is 0.342 e. The third kappa shape index (κ3) is 4.43. The molecule has 0 radical (unpaired) electrons. The number of nitrogens with zero attached hydrogens (tertiary/aromatic N) is 9. The Morgan fingerprint density at radius 1 is 1.35 bits per heavy atom. The van der Waals surface area contributed by atoms with Crippen LogP contribution in [0.3, 0.4) is 0 Å². The van der Waals surface area contributed by atoms with Crippen molar-refractivity contribution < 1.29 is 4.79 Å². The van der Waals surface area contributed by atoms with Crippen LogP contribution in [0.5, 0.6) is 0 Å². The van der Waals surface area contributed by atoms with Gasteiger partial charge >= 0.3 is 0 Å². The summed E-state index contributed by atoms with van der Waals surface area (Å²) in [6, 6.07) is 0. The third-order valence-electron chi connectivity index (χ3n) is 4.76. The van der Waals surface area contributed by atoms with Gasteiger partial charge in [0, 0.05) is 39.0 Å². The highest BCUT2D eigenvalue weighted by atomic mass is 16.2. The average Bonchev–Trinajstić information content (AvgIpc) is 3.25. The molecule has 3 heterocycles. The maximum Gasteiger partial charge on any atom is 0.222 e. The average molecular weight is 361 g/mol. The van der Waals surface area contributed by atoms with Crippen molar-refractivity contribution in [3.05, 3.63) is 18.0 Å². The van der Waals surface area contributed by atoms with Gasteiger partial charge in [-0.25, -0.2) is 4.68 Å². The highest BCUT2D eigenvalue weighted by Crippen LogP contribution is 2.26. The summed E-state index contributed by atoms with van der Waals surface area (Å²) in [5.74, 6) is 2.38. The van der Waals surface area contributed by atoms with Crippen LogP contribution < -0.4 is 0 Å². The van der Waals surface area contributed by atoms with Gasteiger partial charge in [0.2, 0.25) is 5.91 Å². The van der Waals surface area contributed by atoms with Crippen LogP contribution in [0.2, 0.25) is 0 Å². The lowest BCUT2D eigenvalue weighted by Crippen LogP contribution is -2.39. The predicted octanol–water partition coefficient (Wildman–Crippen LogP) is 0.0496. The van der Waals surface area contributed by atoms with E-state index in [1.807, 2.05) is 26.0 Å². The molecular formula is C16H27N9O. The van der Waals surface area contributed by atoms with Crippen molar-refractivity contribution in [2.45, 2.75) is 44.7 Å². The Labute approximate surface area is 153 Å². The van der Waals surface area contributed by atoms with Crippen molar-refractivity contribution in [3.8, 4) is 0 Å². The summed E-state index contributed by atoms with van der Waals surface area (Å²) in [5.41, 5.74) is 0. The fraction of sp³-hybridized carbons (Fsp3) is 0.750. The van der Waals surface area contributed by atoms with E-state index in [2.05, 4.69) is 35.2 Å². The van der Waals surface area contributed by atoms with Gasteiger partial charge in [0.05, 0.1) is 6.54 Å². The minimum atomic E-state index is 0.193. The molecule has 0 spiro atoms. The monoisotopic (exact) mass is 361 g/mol. The Kier molecular flexibility index (Phi) is 5.92. The molecule has 1 aliphatic rings. The van der Waals surface area contributed by atoms with Gasteiger partial charge < -0.3 is 14.4 Å². The molecule has 1 aliphatic heterocycles. The molecule has 2 aromatic rings. The van der Waals surface area contributed by atoms with Crippen LogP contribution in [0, 0.1) is 0 Å². The first kappa shape index (κ1) is 18.4. The molecule has 0 aromatic carbocycles. The lowest BCUT2D eigenvalue weighted by atomic mass is 9.96. The van der Waals surface area contributed by atoms with E-state index in [9.17, 15) is 4.79 Å². The molecule has 2 aromatic heterocycles. The molecule has 1 fully saturated rings. The van der Waals surface area contributed by atoms with Crippen LogP contribution in [-0.4, -0.2) is 77.9 Å². The Bertz CT molecular complexity index is 709. The molecule has 0 bridgehead atoms. The number of aryl methyl sites for hydroxylation is 1. The van der Waals surface area contributed by atoms with Crippen molar-refractivity contribution in [3.63, 3.8) is 0 Å². The van der Waals surface area contributed by atoms with Crippen LogP contribution in [0.15, 0.2) is 6.33 Å². The smallest absolute Gasteiger partial charge is 0.222 e. The fourth-order valence-corrected chi connectivity index (χ4v) is 3.40. The number of hydrogen-bond donors (Lipinski definition) is 0. The van der Waals surface area contributed by atoms with Gasteiger partial charge in [-0.05, 0) is 43.8 Å². The third-order valence-corrected chi connectivity index (χ3v) is 4.76. The van der Waals surface area contributed by atoms with Crippen LogP contribution >= 0.6 is 0 Å². The van der Waals surface area contributed by atoms with Crippen LogP contribution in [-0.2, 0) is 24.9 Å². The van der Waals surface area contributed by atoms with Crippen molar-refractivity contribution >= 4 is 5.91 Å². The van der Waals surface area contributed by atoms with E-state index in [1.54, 1.807) is 11.0 Å². The summed E-state index contributed by atoms with van der Waals surface area (Å²) in [7, 11) is 6.05. The Hall–Kier alpha value is -2.36. The van der Waals surface area contributed by atoms with E-state index in [-0.39, 0.29) is 11.8 Å². The highest BCUT2D eigenvalue weighted by molar-refractivity contribution is 5.76. The number of tetrazole rings is 1. The molecule has 1 saturated heterocycles. The Morgan fingerprint density at radius 2 is 2.19 bits per heavy atom. The summed E-state index contributed by atoms with van der Waals surface area (Å²) in [4.78, 5) is 16.6. The quantitative estimate of drug-likeness (QED) is 0.687. The van der Waals surface area contributed by atoms with Crippen LogP contribution in [0.1, 0.15) is 43.3 Å². The molecule has 0 aliphatic carbocycles. The van der Waals surface area contributed by atoms with E-state index in [0.717, 1.165) is 50.5 Å². The molecule has 1 amide bonds. The fourth-order valence-electron chi connectivity index (χ4n) is 3.40. The second-order valence-corrected chi connectivity index (χ2v) is 7.13. The lowest BCUT2D eigenvalue weighted by molar-refractivity contribution is -0.132. The summed E-state index contributed by atoms with van der Waals surface area (Å²) >= 11 is 0. The van der Waals surface area contributed by atoms with Gasteiger partial charge in [0.25, 0.3) is 0 Å². The summed E-state index contributed by atoms with van der Waals surface area (Å²) < 4.78 is 3.73. The van der Waals surface area contributed by atoms with Crippen LogP contribution in [0.4, 0.5) is 0 Å². The first-order chi connectivity index (χ1) is 12.5. The molecule has 0 N–H and O–H groups in total. The SMILES string of the molecule is CN(C)Cc1nnc([C@H]2CCCN(C(=O)CCCn3cnnn3)C2)n1C. The second kappa shape index (κ2) is 8.35. The molecular weight excluding hydrogens is 334 g/mol. The van der Waals surface area contributed by atoms with Gasteiger partial charge in [-0.2, -0.15) is 0 Å². The van der Waals surface area contributed by atoms with E-state index in [1.165, 1.54) is 0 Å². The molecule has 0 saturated carbocycles. The van der Waals surface area contributed by atoms with Gasteiger partial charge in [0.15, 0.2) is 0 Å². The zero-order valence-electron chi connectivity index (χ0n) is 15.7. The maximum atomic E-state index is 12.6. The first-order valence-electron chi connectivity index (χ1n) is 9.06. The molecule has 1 atom stereocenters. The van der Waals surface area contributed by atoms with Crippen molar-refractivity contribution in [1.82, 2.24) is 44.8 Å².